The molecule has 3 N–H and O–H groups in total. The summed E-state index contributed by atoms with van der Waals surface area (Å²) >= 11 is 0. The van der Waals surface area contributed by atoms with E-state index < -0.39 is 17.8 Å². The fraction of sp³-hybridized carbons (Fsp3) is 0.192. The number of phenols is 1. The van der Waals surface area contributed by atoms with Crippen LogP contribution in [0.2, 0.25) is 0 Å². The molecule has 8 nitrogen and oxygen atoms in total. The lowest BCUT2D eigenvalue weighted by Gasteiger charge is -2.25. The number of nitrogens with zero attached hydrogens (tertiary/aromatic N) is 2. The summed E-state index contributed by atoms with van der Waals surface area (Å²) in [6, 6.07) is 15.3. The van der Waals surface area contributed by atoms with Gasteiger partial charge >= 0.3 is 6.03 Å². The van der Waals surface area contributed by atoms with E-state index in [9.17, 15) is 19.1 Å². The summed E-state index contributed by atoms with van der Waals surface area (Å²) in [6.07, 6.45) is 4.32. The van der Waals surface area contributed by atoms with Crippen LogP contribution in [-0.2, 0) is 6.54 Å². The smallest absolute Gasteiger partial charge is 0.342 e. The molecule has 0 unspecified atom stereocenters. The fourth-order valence-electron chi connectivity index (χ4n) is 3.99. The molecule has 178 valence electrons. The van der Waals surface area contributed by atoms with Gasteiger partial charge in [-0.3, -0.25) is 4.79 Å². The third-order valence-electron chi connectivity index (χ3n) is 6.12. The van der Waals surface area contributed by atoms with Gasteiger partial charge in [0, 0.05) is 29.3 Å². The lowest BCUT2D eigenvalue weighted by atomic mass is 9.82. The largest absolute Gasteiger partial charge is 0.507 e. The topological polar surface area (TPSA) is 109 Å². The molecule has 0 saturated heterocycles. The van der Waals surface area contributed by atoms with E-state index in [2.05, 4.69) is 15.7 Å². The maximum absolute atomic E-state index is 14.0. The number of halogens is 1. The summed E-state index contributed by atoms with van der Waals surface area (Å²) in [7, 11) is 0. The van der Waals surface area contributed by atoms with Gasteiger partial charge in [-0.2, -0.15) is 9.78 Å². The molecule has 1 aliphatic carbocycles. The lowest BCUT2D eigenvalue weighted by Crippen LogP contribution is -2.31. The van der Waals surface area contributed by atoms with E-state index in [0.29, 0.717) is 22.5 Å². The number of rotatable bonds is 6. The Kier molecular flexibility index (Phi) is 6.05. The molecule has 1 fully saturated rings. The molecule has 0 radical (unpaired) electrons. The van der Waals surface area contributed by atoms with Crippen molar-refractivity contribution in [2.75, 3.05) is 5.32 Å². The number of anilines is 1. The second-order valence-electron chi connectivity index (χ2n) is 8.41. The molecular formula is C26H23FN4O4. The molecule has 2 aromatic heterocycles. The Bertz CT molecular complexity index is 1380. The summed E-state index contributed by atoms with van der Waals surface area (Å²) in [5, 5.41) is 20.4. The number of furan rings is 1. The quantitative estimate of drug-likeness (QED) is 0.330. The van der Waals surface area contributed by atoms with Gasteiger partial charge in [-0.15, -0.1) is 0 Å². The summed E-state index contributed by atoms with van der Waals surface area (Å²) in [4.78, 5) is 25.3. The van der Waals surface area contributed by atoms with Crippen LogP contribution in [0.25, 0.3) is 11.3 Å². The van der Waals surface area contributed by atoms with Crippen LogP contribution in [0.3, 0.4) is 0 Å². The number of carbonyl (C=O) groups excluding carboxylic acids is 2. The molecule has 5 rings (SSSR count). The van der Waals surface area contributed by atoms with E-state index >= 15 is 0 Å². The van der Waals surface area contributed by atoms with E-state index in [0.717, 1.165) is 25.0 Å². The lowest BCUT2D eigenvalue weighted by molar-refractivity contribution is 0.0996. The maximum atomic E-state index is 14.0. The first kappa shape index (κ1) is 22.4. The average molecular weight is 474 g/mol. The van der Waals surface area contributed by atoms with Gasteiger partial charge in [-0.1, -0.05) is 24.6 Å². The van der Waals surface area contributed by atoms with Crippen LogP contribution in [0, 0.1) is 5.82 Å². The highest BCUT2D eigenvalue weighted by molar-refractivity contribution is 6.02. The predicted molar refractivity (Wildman–Crippen MR) is 127 cm³/mol. The van der Waals surface area contributed by atoms with Crippen molar-refractivity contribution in [2.24, 2.45) is 0 Å². The molecule has 0 bridgehead atoms. The molecule has 0 aliphatic heterocycles. The first-order valence-electron chi connectivity index (χ1n) is 11.3. The zero-order valence-electron chi connectivity index (χ0n) is 18.7. The minimum absolute atomic E-state index is 0.0182. The molecule has 35 heavy (non-hydrogen) atoms. The molecule has 2 heterocycles. The maximum Gasteiger partial charge on any atom is 0.342 e. The Balaban J connectivity index is 1.41. The third kappa shape index (κ3) is 4.65. The number of hydrogen-bond donors (Lipinski definition) is 3. The Morgan fingerprint density at radius 2 is 1.94 bits per heavy atom. The van der Waals surface area contributed by atoms with Gasteiger partial charge in [0.2, 0.25) is 0 Å². The van der Waals surface area contributed by atoms with Gasteiger partial charge in [-0.05, 0) is 55.3 Å². The van der Waals surface area contributed by atoms with Crippen molar-refractivity contribution in [1.29, 1.82) is 0 Å². The molecule has 4 aromatic rings. The molecule has 0 spiro atoms. The van der Waals surface area contributed by atoms with Crippen molar-refractivity contribution >= 4 is 17.6 Å². The Hall–Kier alpha value is -4.40. The number of nitrogens with one attached hydrogen (secondary N) is 2. The highest BCUT2D eigenvalue weighted by Gasteiger charge is 2.28. The fourth-order valence-corrected chi connectivity index (χ4v) is 3.99. The van der Waals surface area contributed by atoms with Crippen LogP contribution < -0.4 is 10.6 Å². The Morgan fingerprint density at radius 1 is 1.11 bits per heavy atom. The number of phenolic OH excluding ortho intramolecular Hbond substituents is 1. The van der Waals surface area contributed by atoms with E-state index in [1.807, 2.05) is 0 Å². The van der Waals surface area contributed by atoms with E-state index in [-0.39, 0.29) is 24.0 Å². The molecule has 1 aliphatic rings. The summed E-state index contributed by atoms with van der Waals surface area (Å²) in [5.41, 5.74) is 2.28. The third-order valence-corrected chi connectivity index (χ3v) is 6.12. The van der Waals surface area contributed by atoms with Crippen molar-refractivity contribution in [1.82, 2.24) is 15.1 Å². The molecule has 9 heteroatoms. The second-order valence-corrected chi connectivity index (χ2v) is 8.41. The highest BCUT2D eigenvalue weighted by atomic mass is 19.1. The Morgan fingerprint density at radius 3 is 2.66 bits per heavy atom. The second kappa shape index (κ2) is 9.46. The van der Waals surface area contributed by atoms with Crippen LogP contribution in [0.1, 0.15) is 47.0 Å². The number of aromatic hydroxyl groups is 1. The predicted octanol–water partition coefficient (Wildman–Crippen LogP) is 5.27. The Labute approximate surface area is 200 Å². The van der Waals surface area contributed by atoms with Crippen LogP contribution in [0.15, 0.2) is 71.3 Å². The zero-order valence-corrected chi connectivity index (χ0v) is 18.7. The monoisotopic (exact) mass is 474 g/mol. The van der Waals surface area contributed by atoms with Gasteiger partial charge in [0.25, 0.3) is 5.91 Å². The van der Waals surface area contributed by atoms with Crippen LogP contribution in [0.5, 0.6) is 5.75 Å². The molecule has 1 saturated carbocycles. The highest BCUT2D eigenvalue weighted by Crippen LogP contribution is 2.39. The average Bonchev–Trinajstić information content (AvgIpc) is 3.49. The number of hydrogen-bond acceptors (Lipinski definition) is 5. The minimum atomic E-state index is -0.483. The first-order valence-corrected chi connectivity index (χ1v) is 11.3. The molecule has 0 atom stereocenters. The number of aromatic nitrogens is 2. The first-order chi connectivity index (χ1) is 17.0. The minimum Gasteiger partial charge on any atom is -0.507 e. The summed E-state index contributed by atoms with van der Waals surface area (Å²) < 4.78 is 20.4. The van der Waals surface area contributed by atoms with Gasteiger partial charge in [-0.25, -0.2) is 9.18 Å². The summed E-state index contributed by atoms with van der Waals surface area (Å²) in [5.74, 6) is -0.550. The van der Waals surface area contributed by atoms with E-state index in [1.165, 1.54) is 23.1 Å². The van der Waals surface area contributed by atoms with Crippen molar-refractivity contribution in [3.05, 3.63) is 89.8 Å². The number of amides is 2. The van der Waals surface area contributed by atoms with E-state index in [4.69, 9.17) is 4.42 Å². The van der Waals surface area contributed by atoms with Crippen molar-refractivity contribution < 1.29 is 23.5 Å². The van der Waals surface area contributed by atoms with Gasteiger partial charge < -0.3 is 20.2 Å². The van der Waals surface area contributed by atoms with E-state index in [1.54, 1.807) is 48.5 Å². The van der Waals surface area contributed by atoms with Crippen LogP contribution >= 0.6 is 0 Å². The normalized spacial score (nSPS) is 13.3. The molecule has 2 aromatic carbocycles. The number of carbonyl (C=O) groups is 2. The van der Waals surface area contributed by atoms with Gasteiger partial charge in [0.1, 0.15) is 11.6 Å². The standard InChI is InChI=1S/C26H23FN4O4/c27-20-8-2-1-5-17(20)15-28-26(34)31-22(16-6-3-7-16)14-21(30-31)19-13-18(10-11-23(19)32)29-25(33)24-9-4-12-35-24/h1-2,4-5,8-14,16,32H,3,6-7,15H2,(H,28,34)(H,29,33). The van der Waals surface area contributed by atoms with Gasteiger partial charge in [0.15, 0.2) is 5.76 Å². The SMILES string of the molecule is O=C(Nc1ccc(O)c(-c2cc(C3CCC3)n(C(=O)NCc3ccccc3F)n2)c1)c1ccco1. The zero-order chi connectivity index (χ0) is 24.4. The van der Waals surface area contributed by atoms with Crippen LogP contribution in [0.4, 0.5) is 14.9 Å². The molecule has 2 amide bonds. The molecular weight excluding hydrogens is 451 g/mol. The summed E-state index contributed by atoms with van der Waals surface area (Å²) in [6.45, 7) is 0.0182. The van der Waals surface area contributed by atoms with Crippen molar-refractivity contribution in [2.45, 2.75) is 31.7 Å². The number of benzene rings is 2. The van der Waals surface area contributed by atoms with Gasteiger partial charge in [0.05, 0.1) is 17.7 Å². The van der Waals surface area contributed by atoms with Crippen LogP contribution in [-0.4, -0.2) is 26.8 Å². The van der Waals surface area contributed by atoms with Crippen molar-refractivity contribution in [3.63, 3.8) is 0 Å². The van der Waals surface area contributed by atoms with Crippen molar-refractivity contribution in [3.8, 4) is 17.0 Å².